The van der Waals surface area contributed by atoms with Crippen molar-refractivity contribution in [3.63, 3.8) is 0 Å². The van der Waals surface area contributed by atoms with Gasteiger partial charge in [0.2, 0.25) is 11.8 Å². The molecule has 0 radical (unpaired) electrons. The van der Waals surface area contributed by atoms with E-state index in [1.807, 2.05) is 6.08 Å². The Morgan fingerprint density at radius 1 is 0.848 bits per heavy atom. The van der Waals surface area contributed by atoms with Gasteiger partial charge in [0.25, 0.3) is 0 Å². The molecular formula is C24H24N2O6S. The molecule has 0 heterocycles. The molecule has 3 atom stereocenters. The number of carbonyl (C=O) groups excluding carboxylic acids is 2. The summed E-state index contributed by atoms with van der Waals surface area (Å²) in [5.74, 6) is -3.91. The first-order valence-corrected chi connectivity index (χ1v) is 11.2. The second-order valence-corrected chi connectivity index (χ2v) is 9.05. The maximum Gasteiger partial charge on any atom is 0.335 e. The number of amides is 2. The summed E-state index contributed by atoms with van der Waals surface area (Å²) >= 11 is 1.33. The number of rotatable bonds is 8. The zero-order valence-corrected chi connectivity index (χ0v) is 18.7. The fraction of sp³-hybridized carbons (Fsp3) is 0.250. The molecule has 3 rings (SSSR count). The minimum Gasteiger partial charge on any atom is -0.481 e. The number of nitrogens with one attached hydrogen (secondary N) is 2. The monoisotopic (exact) mass is 468 g/mol. The zero-order chi connectivity index (χ0) is 24.0. The van der Waals surface area contributed by atoms with Crippen LogP contribution in [0.25, 0.3) is 0 Å². The molecule has 1 aliphatic carbocycles. The van der Waals surface area contributed by atoms with Gasteiger partial charge in [0.1, 0.15) is 0 Å². The lowest BCUT2D eigenvalue weighted by Crippen LogP contribution is -2.34. The summed E-state index contributed by atoms with van der Waals surface area (Å²) in [5, 5.41) is 23.4. The van der Waals surface area contributed by atoms with E-state index in [0.29, 0.717) is 24.2 Å². The Kier molecular flexibility index (Phi) is 7.89. The molecule has 33 heavy (non-hydrogen) atoms. The highest BCUT2D eigenvalue weighted by Gasteiger charge is 2.33. The number of benzene rings is 2. The molecule has 4 N–H and O–H groups in total. The lowest BCUT2D eigenvalue weighted by molar-refractivity contribution is -0.146. The molecule has 0 aromatic heterocycles. The van der Waals surface area contributed by atoms with Crippen LogP contribution in [-0.2, 0) is 14.4 Å². The molecule has 0 spiro atoms. The highest BCUT2D eigenvalue weighted by Crippen LogP contribution is 2.29. The molecule has 2 amide bonds. The second kappa shape index (κ2) is 10.8. The van der Waals surface area contributed by atoms with E-state index >= 15 is 0 Å². The zero-order valence-electron chi connectivity index (χ0n) is 17.9. The third-order valence-electron chi connectivity index (χ3n) is 5.29. The van der Waals surface area contributed by atoms with Crippen LogP contribution in [0, 0.1) is 11.8 Å². The van der Waals surface area contributed by atoms with Gasteiger partial charge in [-0.15, -0.1) is 11.8 Å². The molecular weight excluding hydrogens is 444 g/mol. The van der Waals surface area contributed by atoms with Crippen molar-refractivity contribution in [1.82, 2.24) is 0 Å². The molecule has 1 aliphatic rings. The molecule has 2 aromatic rings. The summed E-state index contributed by atoms with van der Waals surface area (Å²) in [6, 6.07) is 12.9. The van der Waals surface area contributed by atoms with Crippen molar-refractivity contribution in [3.8, 4) is 0 Å². The van der Waals surface area contributed by atoms with Crippen LogP contribution in [0.1, 0.15) is 30.1 Å². The van der Waals surface area contributed by atoms with Crippen molar-refractivity contribution in [3.05, 3.63) is 66.2 Å². The number of thioether (sulfide) groups is 1. The van der Waals surface area contributed by atoms with E-state index in [4.69, 9.17) is 5.11 Å². The largest absolute Gasteiger partial charge is 0.481 e. The van der Waals surface area contributed by atoms with Gasteiger partial charge in [0.05, 0.1) is 22.6 Å². The summed E-state index contributed by atoms with van der Waals surface area (Å²) in [6.07, 6.45) is 4.35. The predicted octanol–water partition coefficient (Wildman–Crippen LogP) is 4.11. The Morgan fingerprint density at radius 3 is 1.97 bits per heavy atom. The Labute approximate surface area is 195 Å². The first-order valence-electron chi connectivity index (χ1n) is 10.3. The van der Waals surface area contributed by atoms with Gasteiger partial charge in [0.15, 0.2) is 0 Å². The first kappa shape index (κ1) is 24.1. The van der Waals surface area contributed by atoms with Gasteiger partial charge in [-0.2, -0.15) is 0 Å². The molecule has 3 unspecified atom stereocenters. The topological polar surface area (TPSA) is 133 Å². The number of carbonyl (C=O) groups is 4. The van der Waals surface area contributed by atoms with E-state index in [1.54, 1.807) is 37.3 Å². The number of anilines is 2. The molecule has 0 bridgehead atoms. The van der Waals surface area contributed by atoms with Crippen LogP contribution in [0.15, 0.2) is 65.6 Å². The minimum absolute atomic E-state index is 0.140. The molecule has 0 aliphatic heterocycles. The number of hydrogen-bond donors (Lipinski definition) is 4. The fourth-order valence-electron chi connectivity index (χ4n) is 3.43. The van der Waals surface area contributed by atoms with Gasteiger partial charge in [-0.25, -0.2) is 4.79 Å². The normalized spacial score (nSPS) is 18.2. The number of carboxylic acids is 2. The summed E-state index contributed by atoms with van der Waals surface area (Å²) in [4.78, 5) is 48.2. The highest BCUT2D eigenvalue weighted by atomic mass is 32.2. The maximum absolute atomic E-state index is 12.6. The third kappa shape index (κ3) is 6.45. The first-order chi connectivity index (χ1) is 15.7. The highest BCUT2D eigenvalue weighted by molar-refractivity contribution is 8.00. The number of carboxylic acid groups (broad SMARTS) is 2. The molecule has 172 valence electrons. The van der Waals surface area contributed by atoms with Crippen molar-refractivity contribution < 1.29 is 29.4 Å². The van der Waals surface area contributed by atoms with Crippen molar-refractivity contribution >= 4 is 46.9 Å². The molecule has 0 saturated carbocycles. The fourth-order valence-corrected chi connectivity index (χ4v) is 4.29. The van der Waals surface area contributed by atoms with E-state index in [2.05, 4.69) is 10.6 Å². The van der Waals surface area contributed by atoms with Crippen LogP contribution in [0.5, 0.6) is 0 Å². The lowest BCUT2D eigenvalue weighted by Gasteiger charge is -2.24. The van der Waals surface area contributed by atoms with Crippen molar-refractivity contribution in [2.45, 2.75) is 29.9 Å². The Hall–Kier alpha value is -3.59. The van der Waals surface area contributed by atoms with Gasteiger partial charge in [0, 0.05) is 16.3 Å². The summed E-state index contributed by atoms with van der Waals surface area (Å²) in [6.45, 7) is 1.75. The van der Waals surface area contributed by atoms with E-state index in [1.165, 1.54) is 36.0 Å². The molecule has 0 fully saturated rings. The number of allylic oxidation sites excluding steroid dienone is 2. The Morgan fingerprint density at radius 2 is 1.39 bits per heavy atom. The summed E-state index contributed by atoms with van der Waals surface area (Å²) < 4.78 is 0. The molecule has 9 heteroatoms. The quantitative estimate of drug-likeness (QED) is 0.338. The lowest BCUT2D eigenvalue weighted by atomic mass is 9.82. The van der Waals surface area contributed by atoms with Gasteiger partial charge in [-0.05, 0) is 68.3 Å². The van der Waals surface area contributed by atoms with Crippen LogP contribution < -0.4 is 10.6 Å². The summed E-state index contributed by atoms with van der Waals surface area (Å²) in [5.41, 5.74) is 1.20. The van der Waals surface area contributed by atoms with Gasteiger partial charge < -0.3 is 20.8 Å². The van der Waals surface area contributed by atoms with E-state index in [-0.39, 0.29) is 17.4 Å². The van der Waals surface area contributed by atoms with Crippen molar-refractivity contribution in [2.75, 3.05) is 10.6 Å². The van der Waals surface area contributed by atoms with Crippen LogP contribution >= 0.6 is 11.8 Å². The van der Waals surface area contributed by atoms with Crippen LogP contribution in [0.4, 0.5) is 11.4 Å². The molecule has 8 nitrogen and oxygen atoms in total. The van der Waals surface area contributed by atoms with Crippen LogP contribution in [0.3, 0.4) is 0 Å². The number of aromatic carboxylic acids is 1. The van der Waals surface area contributed by atoms with E-state index < -0.39 is 29.0 Å². The SMILES string of the molecule is CC(Sc1ccc(NC(=O)C2CC=CCC2C(=O)O)cc1)C(=O)Nc1ccc(C(=O)O)cc1. The number of hydrogen-bond acceptors (Lipinski definition) is 5. The van der Waals surface area contributed by atoms with E-state index in [9.17, 15) is 24.3 Å². The van der Waals surface area contributed by atoms with Crippen LogP contribution in [0.2, 0.25) is 0 Å². The Balaban J connectivity index is 1.54. The predicted molar refractivity (Wildman–Crippen MR) is 125 cm³/mol. The van der Waals surface area contributed by atoms with Crippen molar-refractivity contribution in [2.24, 2.45) is 11.8 Å². The van der Waals surface area contributed by atoms with Gasteiger partial charge in [-0.1, -0.05) is 12.2 Å². The third-order valence-corrected chi connectivity index (χ3v) is 6.40. The summed E-state index contributed by atoms with van der Waals surface area (Å²) in [7, 11) is 0. The second-order valence-electron chi connectivity index (χ2n) is 7.64. The average molecular weight is 469 g/mol. The van der Waals surface area contributed by atoms with Crippen molar-refractivity contribution in [1.29, 1.82) is 0 Å². The van der Waals surface area contributed by atoms with Gasteiger partial charge >= 0.3 is 11.9 Å². The standard InChI is InChI=1S/C24H24N2O6S/c1-14(21(27)25-16-8-6-15(7-9-16)23(29)30)33-18-12-10-17(11-13-18)26-22(28)19-4-2-3-5-20(19)24(31)32/h2-3,6-14,19-20H,4-5H2,1H3,(H,25,27)(H,26,28)(H,29,30)(H,31,32). The smallest absolute Gasteiger partial charge is 0.335 e. The average Bonchev–Trinajstić information content (AvgIpc) is 2.80. The van der Waals surface area contributed by atoms with Gasteiger partial charge in [-0.3, -0.25) is 14.4 Å². The van der Waals surface area contributed by atoms with E-state index in [0.717, 1.165) is 4.90 Å². The maximum atomic E-state index is 12.6. The van der Waals surface area contributed by atoms with Crippen LogP contribution in [-0.4, -0.2) is 39.2 Å². The number of aliphatic carboxylic acids is 1. The molecule has 2 aromatic carbocycles. The minimum atomic E-state index is -1.03. The Bertz CT molecular complexity index is 1070. The molecule has 0 saturated heterocycles.